The number of H-pyrrole nitrogens is 1. The van der Waals surface area contributed by atoms with Crippen LogP contribution in [0.2, 0.25) is 10.0 Å². The molecule has 0 saturated heterocycles. The number of aromatic nitrogens is 1. The van der Waals surface area contributed by atoms with Gasteiger partial charge in [-0.2, -0.15) is 0 Å². The molecule has 2 N–H and O–H groups in total. The third-order valence-electron chi connectivity index (χ3n) is 5.09. The summed E-state index contributed by atoms with van der Waals surface area (Å²) in [6.07, 6.45) is 3.24. The molecule has 1 aromatic heterocycles. The molecular formula is C20H18Cl2N2O3S. The van der Waals surface area contributed by atoms with E-state index >= 15 is 0 Å². The van der Waals surface area contributed by atoms with Crippen LogP contribution in [0.4, 0.5) is 5.69 Å². The molecule has 1 heterocycles. The average molecular weight is 437 g/mol. The van der Waals surface area contributed by atoms with Crippen molar-refractivity contribution in [3.05, 3.63) is 58.2 Å². The van der Waals surface area contributed by atoms with E-state index in [1.807, 2.05) is 0 Å². The zero-order valence-electron chi connectivity index (χ0n) is 14.8. The van der Waals surface area contributed by atoms with E-state index < -0.39 is 15.7 Å². The van der Waals surface area contributed by atoms with Gasteiger partial charge in [0.15, 0.2) is 9.84 Å². The Bertz CT molecular complexity index is 1170. The summed E-state index contributed by atoms with van der Waals surface area (Å²) in [6, 6.07) is 11.5. The van der Waals surface area contributed by atoms with E-state index in [0.717, 1.165) is 12.8 Å². The molecule has 1 aliphatic carbocycles. The van der Waals surface area contributed by atoms with E-state index in [2.05, 4.69) is 10.3 Å². The van der Waals surface area contributed by atoms with E-state index in [9.17, 15) is 13.2 Å². The molecule has 8 heteroatoms. The predicted octanol–water partition coefficient (Wildman–Crippen LogP) is 5.44. The Morgan fingerprint density at radius 1 is 1.07 bits per heavy atom. The monoisotopic (exact) mass is 436 g/mol. The first kappa shape index (κ1) is 19.3. The standard InChI is InChI=1S/C20H18Cl2N2O3S/c21-12-8-9-17-16(10-12)18(22)19(24-17)20(25)23-13-4-3-7-15(11-13)28(26,27)14-5-1-2-6-14/h3-4,7-11,14,24H,1-2,5-6H2,(H,23,25). The number of aromatic amines is 1. The molecule has 1 amide bonds. The van der Waals surface area contributed by atoms with Crippen LogP contribution < -0.4 is 5.32 Å². The molecule has 146 valence electrons. The molecule has 3 aromatic rings. The highest BCUT2D eigenvalue weighted by atomic mass is 35.5. The summed E-state index contributed by atoms with van der Waals surface area (Å²) in [6.45, 7) is 0. The first-order chi connectivity index (χ1) is 13.4. The largest absolute Gasteiger partial charge is 0.349 e. The van der Waals surface area contributed by atoms with Crippen LogP contribution in [0.1, 0.15) is 36.2 Å². The van der Waals surface area contributed by atoms with Gasteiger partial charge < -0.3 is 10.3 Å². The molecule has 1 aliphatic rings. The fourth-order valence-corrected chi connectivity index (χ4v) is 5.98. The Labute approximate surface area is 173 Å². The van der Waals surface area contributed by atoms with Gasteiger partial charge >= 0.3 is 0 Å². The fraction of sp³-hybridized carbons (Fsp3) is 0.250. The number of halogens is 2. The van der Waals surface area contributed by atoms with Gasteiger partial charge in [-0.25, -0.2) is 8.42 Å². The van der Waals surface area contributed by atoms with Gasteiger partial charge in [-0.1, -0.05) is 42.1 Å². The minimum atomic E-state index is -3.39. The third kappa shape index (κ3) is 3.52. The van der Waals surface area contributed by atoms with Gasteiger partial charge in [0.05, 0.1) is 15.2 Å². The molecule has 0 aliphatic heterocycles. The molecule has 4 rings (SSSR count). The smallest absolute Gasteiger partial charge is 0.273 e. The maximum absolute atomic E-state index is 12.8. The lowest BCUT2D eigenvalue weighted by Crippen LogP contribution is -2.18. The van der Waals surface area contributed by atoms with Crippen LogP contribution in [0.15, 0.2) is 47.4 Å². The van der Waals surface area contributed by atoms with E-state index in [-0.39, 0.29) is 20.9 Å². The lowest BCUT2D eigenvalue weighted by atomic mass is 10.2. The number of nitrogens with one attached hydrogen (secondary N) is 2. The van der Waals surface area contributed by atoms with Crippen molar-refractivity contribution in [3.8, 4) is 0 Å². The lowest BCUT2D eigenvalue weighted by molar-refractivity contribution is 0.102. The van der Waals surface area contributed by atoms with Crippen LogP contribution >= 0.6 is 23.2 Å². The summed E-state index contributed by atoms with van der Waals surface area (Å²) in [4.78, 5) is 15.9. The Hall–Kier alpha value is -2.02. The van der Waals surface area contributed by atoms with Crippen molar-refractivity contribution in [2.45, 2.75) is 35.8 Å². The number of fused-ring (bicyclic) bond motifs is 1. The van der Waals surface area contributed by atoms with Gasteiger partial charge in [0.25, 0.3) is 5.91 Å². The third-order valence-corrected chi connectivity index (χ3v) is 7.97. The highest BCUT2D eigenvalue weighted by molar-refractivity contribution is 7.92. The molecule has 0 radical (unpaired) electrons. The summed E-state index contributed by atoms with van der Waals surface area (Å²) in [5.41, 5.74) is 1.29. The summed E-state index contributed by atoms with van der Waals surface area (Å²) in [5, 5.41) is 3.82. The first-order valence-corrected chi connectivity index (χ1v) is 11.3. The number of hydrogen-bond acceptors (Lipinski definition) is 3. The van der Waals surface area contributed by atoms with Gasteiger partial charge in [0.2, 0.25) is 0 Å². The molecule has 0 atom stereocenters. The summed E-state index contributed by atoms with van der Waals surface area (Å²) in [7, 11) is -3.39. The summed E-state index contributed by atoms with van der Waals surface area (Å²) in [5.74, 6) is -0.451. The number of carbonyl (C=O) groups is 1. The molecule has 0 bridgehead atoms. The second-order valence-corrected chi connectivity index (χ2v) is 9.98. The number of rotatable bonds is 4. The number of amides is 1. The Balaban J connectivity index is 1.61. The second kappa shape index (κ2) is 7.43. The number of hydrogen-bond donors (Lipinski definition) is 2. The molecule has 2 aromatic carbocycles. The molecular weight excluding hydrogens is 419 g/mol. The zero-order valence-corrected chi connectivity index (χ0v) is 17.2. The normalized spacial score (nSPS) is 15.2. The molecule has 1 saturated carbocycles. The van der Waals surface area contributed by atoms with Crippen molar-refractivity contribution in [2.75, 3.05) is 5.32 Å². The average Bonchev–Trinajstić information content (AvgIpc) is 3.31. The second-order valence-electron chi connectivity index (χ2n) is 6.94. The maximum Gasteiger partial charge on any atom is 0.273 e. The van der Waals surface area contributed by atoms with Crippen molar-refractivity contribution < 1.29 is 13.2 Å². The van der Waals surface area contributed by atoms with Crippen LogP contribution in [0.5, 0.6) is 0 Å². The van der Waals surface area contributed by atoms with Crippen LogP contribution in [0, 0.1) is 0 Å². The lowest BCUT2D eigenvalue weighted by Gasteiger charge is -2.12. The van der Waals surface area contributed by atoms with E-state index in [1.54, 1.807) is 36.4 Å². The van der Waals surface area contributed by atoms with Gasteiger partial charge in [-0.3, -0.25) is 4.79 Å². The quantitative estimate of drug-likeness (QED) is 0.570. The highest BCUT2D eigenvalue weighted by Crippen LogP contribution is 2.32. The van der Waals surface area contributed by atoms with E-state index in [4.69, 9.17) is 23.2 Å². The first-order valence-electron chi connectivity index (χ1n) is 8.98. The van der Waals surface area contributed by atoms with Crippen LogP contribution in [-0.2, 0) is 9.84 Å². The molecule has 1 fully saturated rings. The predicted molar refractivity (Wildman–Crippen MR) is 112 cm³/mol. The Morgan fingerprint density at radius 3 is 2.57 bits per heavy atom. The van der Waals surface area contributed by atoms with Gasteiger partial charge in [0, 0.05) is 21.6 Å². The zero-order chi connectivity index (χ0) is 19.9. The van der Waals surface area contributed by atoms with Crippen molar-refractivity contribution in [3.63, 3.8) is 0 Å². The highest BCUT2D eigenvalue weighted by Gasteiger charge is 2.30. The molecule has 5 nitrogen and oxygen atoms in total. The topological polar surface area (TPSA) is 79.0 Å². The number of benzene rings is 2. The van der Waals surface area contributed by atoms with E-state index in [0.29, 0.717) is 34.5 Å². The van der Waals surface area contributed by atoms with Crippen molar-refractivity contribution >= 4 is 55.5 Å². The molecule has 28 heavy (non-hydrogen) atoms. The number of anilines is 1. The number of sulfone groups is 1. The summed E-state index contributed by atoms with van der Waals surface area (Å²) >= 11 is 12.3. The molecule has 0 spiro atoms. The van der Waals surface area contributed by atoms with Gasteiger partial charge in [0.1, 0.15) is 5.69 Å². The minimum absolute atomic E-state index is 0.197. The van der Waals surface area contributed by atoms with Crippen molar-refractivity contribution in [1.82, 2.24) is 4.98 Å². The number of carbonyl (C=O) groups excluding carboxylic acids is 1. The maximum atomic E-state index is 12.8. The Morgan fingerprint density at radius 2 is 1.82 bits per heavy atom. The SMILES string of the molecule is O=C(Nc1cccc(S(=O)(=O)C2CCCC2)c1)c1[nH]c2ccc(Cl)cc2c1Cl. The summed E-state index contributed by atoms with van der Waals surface area (Å²) < 4.78 is 25.6. The minimum Gasteiger partial charge on any atom is -0.349 e. The van der Waals surface area contributed by atoms with Crippen molar-refractivity contribution in [1.29, 1.82) is 0 Å². The van der Waals surface area contributed by atoms with Crippen LogP contribution in [-0.4, -0.2) is 24.6 Å². The fourth-order valence-electron chi connectivity index (χ4n) is 3.62. The molecule has 0 unspecified atom stereocenters. The van der Waals surface area contributed by atoms with Crippen LogP contribution in [0.25, 0.3) is 10.9 Å². The Kier molecular flexibility index (Phi) is 5.12. The van der Waals surface area contributed by atoms with Gasteiger partial charge in [-0.15, -0.1) is 0 Å². The van der Waals surface area contributed by atoms with Crippen molar-refractivity contribution in [2.24, 2.45) is 0 Å². The van der Waals surface area contributed by atoms with Crippen LogP contribution in [0.3, 0.4) is 0 Å². The van der Waals surface area contributed by atoms with Gasteiger partial charge in [-0.05, 0) is 49.2 Å². The van der Waals surface area contributed by atoms with E-state index in [1.165, 1.54) is 6.07 Å².